The van der Waals surface area contributed by atoms with Crippen molar-refractivity contribution in [2.75, 3.05) is 22.6 Å². The number of nitrogens with zero attached hydrogens (tertiary/aromatic N) is 2. The smallest absolute Gasteiger partial charge is 0.408 e. The number of aromatic amines is 1. The zero-order valence-electron chi connectivity index (χ0n) is 15.5. The summed E-state index contributed by atoms with van der Waals surface area (Å²) in [6.45, 7) is 0. The Kier molecular flexibility index (Phi) is 5.34. The molecule has 0 unspecified atom stereocenters. The number of urea groups is 1. The largest absolute Gasteiger partial charge is 0.417 e. The summed E-state index contributed by atoms with van der Waals surface area (Å²) >= 11 is 7.54. The van der Waals surface area contributed by atoms with Crippen molar-refractivity contribution in [2.24, 2.45) is 0 Å². The minimum Gasteiger partial charge on any atom is -0.408 e. The maximum absolute atomic E-state index is 12.3. The quantitative estimate of drug-likeness (QED) is 0.274. The Labute approximate surface area is 179 Å². The Morgan fingerprint density at radius 3 is 2.53 bits per heavy atom. The van der Waals surface area contributed by atoms with Crippen LogP contribution in [0.5, 0.6) is 0 Å². The Morgan fingerprint density at radius 2 is 1.83 bits per heavy atom. The van der Waals surface area contributed by atoms with Crippen molar-refractivity contribution in [3.05, 3.63) is 58.2 Å². The number of hydrogen-bond acceptors (Lipinski definition) is 7. The molecule has 0 aliphatic carbocycles. The lowest BCUT2D eigenvalue weighted by molar-refractivity contribution is 0.262. The van der Waals surface area contributed by atoms with Gasteiger partial charge in [-0.15, -0.1) is 11.8 Å². The first-order chi connectivity index (χ1) is 14.4. The van der Waals surface area contributed by atoms with Gasteiger partial charge in [-0.2, -0.15) is 0 Å². The van der Waals surface area contributed by atoms with Crippen LogP contribution >= 0.6 is 23.4 Å². The van der Waals surface area contributed by atoms with E-state index in [9.17, 15) is 9.59 Å². The highest BCUT2D eigenvalue weighted by molar-refractivity contribution is 7.98. The van der Waals surface area contributed by atoms with Gasteiger partial charge in [0, 0.05) is 16.9 Å². The van der Waals surface area contributed by atoms with Crippen molar-refractivity contribution in [1.82, 2.24) is 15.0 Å². The number of carbonyl (C=O) groups excluding carboxylic acids is 1. The van der Waals surface area contributed by atoms with Crippen LogP contribution in [-0.4, -0.2) is 27.2 Å². The highest BCUT2D eigenvalue weighted by atomic mass is 35.5. The molecule has 2 aromatic carbocycles. The molecule has 0 saturated carbocycles. The molecule has 0 radical (unpaired) electrons. The monoisotopic (exact) mass is 442 g/mol. The van der Waals surface area contributed by atoms with E-state index in [1.54, 1.807) is 42.5 Å². The molecule has 0 fully saturated rings. The third-order valence-electron chi connectivity index (χ3n) is 4.13. The summed E-state index contributed by atoms with van der Waals surface area (Å²) in [6, 6.07) is 11.3. The minimum absolute atomic E-state index is 0.294. The molecule has 4 aromatic rings. The average Bonchev–Trinajstić information content (AvgIpc) is 3.07. The van der Waals surface area contributed by atoms with Crippen molar-refractivity contribution in [3.63, 3.8) is 0 Å². The molecule has 4 rings (SSSR count). The predicted molar refractivity (Wildman–Crippen MR) is 118 cm³/mol. The van der Waals surface area contributed by atoms with Gasteiger partial charge in [-0.3, -0.25) is 4.98 Å². The fraction of sp³-hybridized carbons (Fsp3) is 0.0526. The first kappa shape index (κ1) is 19.8. The third-order valence-corrected chi connectivity index (χ3v) is 5.33. The Hall–Kier alpha value is -3.50. The van der Waals surface area contributed by atoms with Crippen LogP contribution in [0, 0.1) is 0 Å². The summed E-state index contributed by atoms with van der Waals surface area (Å²) in [4.78, 5) is 35.2. The van der Waals surface area contributed by atoms with Crippen molar-refractivity contribution in [1.29, 1.82) is 0 Å². The lowest BCUT2D eigenvalue weighted by Gasteiger charge is -2.09. The number of aromatic nitrogens is 3. The molecule has 152 valence electrons. The number of thioether (sulfide) groups is 1. The molecule has 2 heterocycles. The zero-order valence-corrected chi connectivity index (χ0v) is 17.1. The van der Waals surface area contributed by atoms with Crippen molar-refractivity contribution < 1.29 is 9.21 Å². The third kappa shape index (κ3) is 4.09. The molecular weight excluding hydrogens is 428 g/mol. The number of benzene rings is 2. The van der Waals surface area contributed by atoms with Crippen molar-refractivity contribution >= 4 is 57.7 Å². The van der Waals surface area contributed by atoms with Crippen LogP contribution in [0.3, 0.4) is 0 Å². The maximum atomic E-state index is 12.3. The van der Waals surface area contributed by atoms with Gasteiger partial charge in [-0.05, 0) is 48.7 Å². The van der Waals surface area contributed by atoms with Crippen LogP contribution < -0.4 is 22.1 Å². The lowest BCUT2D eigenvalue weighted by Crippen LogP contribution is -2.19. The number of halogens is 1. The van der Waals surface area contributed by atoms with E-state index in [1.165, 1.54) is 11.8 Å². The summed E-state index contributed by atoms with van der Waals surface area (Å²) in [5, 5.41) is 5.71. The Balaban J connectivity index is 1.46. The normalized spacial score (nSPS) is 10.9. The number of nitrogen functional groups attached to an aromatic ring is 1. The molecule has 0 saturated heterocycles. The number of anilines is 3. The van der Waals surface area contributed by atoms with Crippen molar-refractivity contribution in [3.8, 4) is 11.4 Å². The second-order valence-corrected chi connectivity index (χ2v) is 7.31. The second-order valence-electron chi connectivity index (χ2n) is 6.14. The summed E-state index contributed by atoms with van der Waals surface area (Å²) in [5.74, 6) is 0.158. The molecular formula is C19H15ClN6O3S. The first-order valence-electron chi connectivity index (χ1n) is 8.61. The van der Waals surface area contributed by atoms with Crippen LogP contribution in [0.4, 0.5) is 22.0 Å². The predicted octanol–water partition coefficient (Wildman–Crippen LogP) is 4.18. The fourth-order valence-corrected chi connectivity index (χ4v) is 3.66. The number of carbonyl (C=O) groups is 1. The Bertz CT molecular complexity index is 1280. The van der Waals surface area contributed by atoms with Gasteiger partial charge in [0.05, 0.1) is 10.4 Å². The fourth-order valence-electron chi connectivity index (χ4n) is 2.78. The van der Waals surface area contributed by atoms with Gasteiger partial charge in [0.1, 0.15) is 11.0 Å². The van der Waals surface area contributed by atoms with Crippen LogP contribution in [-0.2, 0) is 0 Å². The number of amides is 2. The molecule has 0 aliphatic heterocycles. The number of hydrogen-bond donors (Lipinski definition) is 4. The van der Waals surface area contributed by atoms with E-state index in [0.717, 1.165) is 0 Å². The van der Waals surface area contributed by atoms with Crippen molar-refractivity contribution in [2.45, 2.75) is 4.90 Å². The molecule has 0 spiro atoms. The first-order valence-corrected chi connectivity index (χ1v) is 10.2. The van der Waals surface area contributed by atoms with Gasteiger partial charge in [-0.25, -0.2) is 19.6 Å². The number of oxazole rings is 1. The number of H-pyrrole nitrogens is 1. The SMILES string of the molecule is CSc1c(N)nc(-c2ccc(NC(=O)Nc3ccc4oc(=O)[nH]c4c3)cc2)nc1Cl. The van der Waals surface area contributed by atoms with E-state index in [0.29, 0.717) is 49.7 Å². The summed E-state index contributed by atoms with van der Waals surface area (Å²) in [7, 11) is 0. The summed E-state index contributed by atoms with van der Waals surface area (Å²) < 4.78 is 4.93. The summed E-state index contributed by atoms with van der Waals surface area (Å²) in [6.07, 6.45) is 1.85. The van der Waals surface area contributed by atoms with Crippen LogP contribution in [0.1, 0.15) is 0 Å². The summed E-state index contributed by atoms with van der Waals surface area (Å²) in [5.41, 5.74) is 8.60. The topological polar surface area (TPSA) is 139 Å². The number of nitrogens with one attached hydrogen (secondary N) is 3. The molecule has 11 heteroatoms. The molecule has 5 N–H and O–H groups in total. The van der Waals surface area contributed by atoms with E-state index < -0.39 is 11.8 Å². The maximum Gasteiger partial charge on any atom is 0.417 e. The van der Waals surface area contributed by atoms with E-state index in [2.05, 4.69) is 25.6 Å². The van der Waals surface area contributed by atoms with Gasteiger partial charge >= 0.3 is 11.8 Å². The van der Waals surface area contributed by atoms with Crippen LogP contribution in [0.2, 0.25) is 5.15 Å². The van der Waals surface area contributed by atoms with E-state index in [1.807, 2.05) is 6.26 Å². The van der Waals surface area contributed by atoms with Crippen LogP contribution in [0.15, 0.2) is 56.6 Å². The lowest BCUT2D eigenvalue weighted by atomic mass is 10.2. The molecule has 0 aliphatic rings. The standard InChI is InChI=1S/C19H15ClN6O3S/c1-30-14-15(20)25-17(26-16(14)21)9-2-4-10(5-3-9)22-18(27)23-11-6-7-13-12(8-11)24-19(28)29-13/h2-8H,1H3,(H,24,28)(H2,21,25,26)(H2,22,23,27). The minimum atomic E-state index is -0.554. The van der Waals surface area contributed by atoms with Crippen LogP contribution in [0.25, 0.3) is 22.5 Å². The molecule has 0 bridgehead atoms. The van der Waals surface area contributed by atoms with Gasteiger partial charge in [0.15, 0.2) is 11.4 Å². The highest BCUT2D eigenvalue weighted by Crippen LogP contribution is 2.31. The van der Waals surface area contributed by atoms with Gasteiger partial charge in [0.25, 0.3) is 0 Å². The number of rotatable bonds is 4. The average molecular weight is 443 g/mol. The number of nitrogens with two attached hydrogens (primary N) is 1. The molecule has 30 heavy (non-hydrogen) atoms. The molecule has 2 aromatic heterocycles. The van der Waals surface area contributed by atoms with E-state index in [4.69, 9.17) is 21.8 Å². The van der Waals surface area contributed by atoms with E-state index in [-0.39, 0.29) is 0 Å². The zero-order chi connectivity index (χ0) is 21.3. The van der Waals surface area contributed by atoms with Gasteiger partial charge < -0.3 is 20.8 Å². The number of fused-ring (bicyclic) bond motifs is 1. The highest BCUT2D eigenvalue weighted by Gasteiger charge is 2.12. The molecule has 9 nitrogen and oxygen atoms in total. The van der Waals surface area contributed by atoms with Gasteiger partial charge in [0.2, 0.25) is 0 Å². The van der Waals surface area contributed by atoms with Gasteiger partial charge in [-0.1, -0.05) is 11.6 Å². The Morgan fingerprint density at radius 1 is 1.13 bits per heavy atom. The molecule has 2 amide bonds. The second kappa shape index (κ2) is 8.09. The van der Waals surface area contributed by atoms with E-state index >= 15 is 0 Å². The molecule has 0 atom stereocenters.